The number of carbonyl (C=O) groups is 3. The second-order valence-electron chi connectivity index (χ2n) is 14.5. The molecule has 3 aliphatic carbocycles. The largest absolute Gasteiger partial charge is 0.511 e. The van der Waals surface area contributed by atoms with E-state index in [9.17, 15) is 39.9 Å². The molecule has 44 heavy (non-hydrogen) atoms. The van der Waals surface area contributed by atoms with Crippen LogP contribution in [0.2, 0.25) is 0 Å². The van der Waals surface area contributed by atoms with Crippen LogP contribution in [0.1, 0.15) is 88.4 Å². The standard InChI is InChI=1S/C36H42O8/c1-17(2)26-28(39)24(18(3)37)30(41)36(44)31(42)27-29(40)25-21(10-9-11-23(25)38)22(34(27,7)32(43)35(26,36)8)16-19-12-14-20(15-13-19)33(4,5)6/h9-15,17,22,26,32,38-39,42-44H,16H2,1-8H3/t22-,26?,32-,34+,35+,36+/m1/s1. The molecule has 0 spiro atoms. The van der Waals surface area contributed by atoms with Crippen LogP contribution in [0.3, 0.4) is 0 Å². The number of carbonyl (C=O) groups excluding carboxylic acids is 3. The quantitative estimate of drug-likeness (QED) is 0.292. The Morgan fingerprint density at radius 3 is 2.09 bits per heavy atom. The molecule has 0 radical (unpaired) electrons. The van der Waals surface area contributed by atoms with Gasteiger partial charge in [0.2, 0.25) is 5.78 Å². The lowest BCUT2D eigenvalue weighted by molar-refractivity contribution is -0.212. The molecule has 2 aromatic rings. The smallest absolute Gasteiger partial charge is 0.209 e. The molecular weight excluding hydrogens is 560 g/mol. The van der Waals surface area contributed by atoms with E-state index >= 15 is 0 Å². The third-order valence-corrected chi connectivity index (χ3v) is 10.7. The highest BCUT2D eigenvalue weighted by Crippen LogP contribution is 2.68. The molecular formula is C36H42O8. The molecule has 0 fully saturated rings. The van der Waals surface area contributed by atoms with E-state index < -0.39 is 80.3 Å². The number of aromatic hydroxyl groups is 1. The molecule has 3 aliphatic rings. The summed E-state index contributed by atoms with van der Waals surface area (Å²) in [6.07, 6.45) is -1.41. The average Bonchev–Trinajstić information content (AvgIpc) is 2.92. The average molecular weight is 603 g/mol. The van der Waals surface area contributed by atoms with Gasteiger partial charge in [-0.15, -0.1) is 0 Å². The van der Waals surface area contributed by atoms with E-state index in [1.54, 1.807) is 32.9 Å². The van der Waals surface area contributed by atoms with Crippen molar-refractivity contribution in [1.82, 2.24) is 0 Å². The molecule has 0 saturated heterocycles. The molecule has 0 amide bonds. The fourth-order valence-corrected chi connectivity index (χ4v) is 8.44. The zero-order valence-electron chi connectivity index (χ0n) is 26.5. The molecule has 1 unspecified atom stereocenters. The van der Waals surface area contributed by atoms with Crippen molar-refractivity contribution >= 4 is 17.3 Å². The van der Waals surface area contributed by atoms with E-state index in [4.69, 9.17) is 0 Å². The van der Waals surface area contributed by atoms with Crippen molar-refractivity contribution in [2.75, 3.05) is 0 Å². The van der Waals surface area contributed by atoms with E-state index in [-0.39, 0.29) is 23.1 Å². The Kier molecular flexibility index (Phi) is 7.11. The van der Waals surface area contributed by atoms with Gasteiger partial charge in [-0.1, -0.05) is 84.9 Å². The van der Waals surface area contributed by atoms with E-state index in [2.05, 4.69) is 20.8 Å². The molecule has 0 saturated carbocycles. The summed E-state index contributed by atoms with van der Waals surface area (Å²) in [5.41, 5.74) is -5.30. The normalized spacial score (nSPS) is 32.0. The summed E-state index contributed by atoms with van der Waals surface area (Å²) in [6.45, 7) is 13.9. The second kappa shape index (κ2) is 9.88. The highest BCUT2D eigenvalue weighted by molar-refractivity contribution is 6.25. The van der Waals surface area contributed by atoms with Crippen molar-refractivity contribution in [2.45, 2.75) is 84.8 Å². The molecule has 8 heteroatoms. The van der Waals surface area contributed by atoms with Crippen molar-refractivity contribution in [2.24, 2.45) is 22.7 Å². The summed E-state index contributed by atoms with van der Waals surface area (Å²) in [6, 6.07) is 12.6. The van der Waals surface area contributed by atoms with Gasteiger partial charge >= 0.3 is 0 Å². The van der Waals surface area contributed by atoms with Crippen LogP contribution in [0, 0.1) is 22.7 Å². The first kappa shape index (κ1) is 31.7. The molecule has 6 atom stereocenters. The fourth-order valence-electron chi connectivity index (χ4n) is 8.44. The van der Waals surface area contributed by atoms with E-state index in [1.807, 2.05) is 24.3 Å². The van der Waals surface area contributed by atoms with Crippen LogP contribution in [0.15, 0.2) is 65.1 Å². The molecule has 0 aromatic heterocycles. The zero-order valence-corrected chi connectivity index (χ0v) is 26.5. The number of benzene rings is 2. The lowest BCUT2D eigenvalue weighted by Gasteiger charge is -2.63. The minimum atomic E-state index is -2.92. The van der Waals surface area contributed by atoms with Crippen molar-refractivity contribution in [3.63, 3.8) is 0 Å². The number of rotatable bonds is 4. The number of phenols is 1. The first-order valence-corrected chi connectivity index (χ1v) is 15.1. The Balaban J connectivity index is 1.84. The zero-order chi connectivity index (χ0) is 32.9. The second-order valence-corrected chi connectivity index (χ2v) is 14.5. The minimum absolute atomic E-state index is 0.0870. The number of ketones is 3. The number of aliphatic hydroxyl groups is 4. The summed E-state index contributed by atoms with van der Waals surface area (Å²) in [5, 5.41) is 59.3. The Hall–Kier alpha value is -3.75. The summed E-state index contributed by atoms with van der Waals surface area (Å²) in [4.78, 5) is 40.9. The third kappa shape index (κ3) is 3.86. The van der Waals surface area contributed by atoms with Crippen LogP contribution >= 0.6 is 0 Å². The fraction of sp³-hybridized carbons (Fsp3) is 0.472. The van der Waals surface area contributed by atoms with Crippen LogP contribution in [0.4, 0.5) is 0 Å². The van der Waals surface area contributed by atoms with Crippen LogP contribution in [0.25, 0.3) is 0 Å². The molecule has 5 rings (SSSR count). The molecule has 234 valence electrons. The molecule has 2 aromatic carbocycles. The number of allylic oxidation sites excluding steroid dienone is 1. The Labute approximate surface area is 257 Å². The van der Waals surface area contributed by atoms with Gasteiger partial charge in [-0.3, -0.25) is 14.4 Å². The summed E-state index contributed by atoms with van der Waals surface area (Å²) in [5.74, 6) is -7.17. The number of hydrogen-bond donors (Lipinski definition) is 5. The molecule has 0 heterocycles. The van der Waals surface area contributed by atoms with Crippen LogP contribution < -0.4 is 0 Å². The molecule has 8 nitrogen and oxygen atoms in total. The van der Waals surface area contributed by atoms with Gasteiger partial charge in [0, 0.05) is 22.7 Å². The van der Waals surface area contributed by atoms with Crippen molar-refractivity contribution in [3.05, 3.63) is 87.4 Å². The van der Waals surface area contributed by atoms with Gasteiger partial charge in [0.15, 0.2) is 17.2 Å². The lowest BCUT2D eigenvalue weighted by Crippen LogP contribution is -2.73. The highest BCUT2D eigenvalue weighted by Gasteiger charge is 2.76. The van der Waals surface area contributed by atoms with Crippen LogP contribution in [-0.4, -0.2) is 54.6 Å². The van der Waals surface area contributed by atoms with Gasteiger partial charge in [0.1, 0.15) is 22.8 Å². The maximum Gasteiger partial charge on any atom is 0.209 e. The predicted octanol–water partition coefficient (Wildman–Crippen LogP) is 5.40. The van der Waals surface area contributed by atoms with E-state index in [0.717, 1.165) is 18.1 Å². The van der Waals surface area contributed by atoms with Crippen molar-refractivity contribution < 1.29 is 39.9 Å². The summed E-state index contributed by atoms with van der Waals surface area (Å²) in [7, 11) is 0. The highest BCUT2D eigenvalue weighted by atomic mass is 16.4. The number of aliphatic hydroxyl groups excluding tert-OH is 3. The first-order chi connectivity index (χ1) is 20.3. The lowest BCUT2D eigenvalue weighted by atomic mass is 9.41. The third-order valence-electron chi connectivity index (χ3n) is 10.7. The van der Waals surface area contributed by atoms with E-state index in [0.29, 0.717) is 5.56 Å². The Bertz CT molecular complexity index is 1660. The number of phenolic OH excluding ortho intramolecular Hbond substituents is 1. The summed E-state index contributed by atoms with van der Waals surface area (Å²) < 4.78 is 0. The SMILES string of the molecule is CC(=O)C1=C(O)C(C(C)C)[C@@]2(C)[C@H](O)[C@]3(C)C(=C(O)[C@@]2(O)C1=O)C(=O)c1c(O)cccc1[C@H]3Cc1ccc(C(C)(C)C)cc1. The number of hydrogen-bond acceptors (Lipinski definition) is 8. The van der Waals surface area contributed by atoms with Gasteiger partial charge in [0.25, 0.3) is 0 Å². The minimum Gasteiger partial charge on any atom is -0.511 e. The van der Waals surface area contributed by atoms with Gasteiger partial charge < -0.3 is 25.5 Å². The maximum absolute atomic E-state index is 14.3. The predicted molar refractivity (Wildman–Crippen MR) is 165 cm³/mol. The van der Waals surface area contributed by atoms with Crippen molar-refractivity contribution in [1.29, 1.82) is 0 Å². The van der Waals surface area contributed by atoms with Gasteiger partial charge in [-0.2, -0.15) is 0 Å². The van der Waals surface area contributed by atoms with E-state index in [1.165, 1.54) is 13.0 Å². The molecule has 0 aliphatic heterocycles. The van der Waals surface area contributed by atoms with Gasteiger partial charge in [0.05, 0.1) is 17.2 Å². The monoisotopic (exact) mass is 602 g/mol. The van der Waals surface area contributed by atoms with Gasteiger partial charge in [-0.05, 0) is 47.4 Å². The number of fused-ring (bicyclic) bond motifs is 3. The Morgan fingerprint density at radius 1 is 0.977 bits per heavy atom. The maximum atomic E-state index is 14.3. The Morgan fingerprint density at radius 2 is 1.57 bits per heavy atom. The van der Waals surface area contributed by atoms with Crippen molar-refractivity contribution in [3.8, 4) is 5.75 Å². The first-order valence-electron chi connectivity index (χ1n) is 15.1. The van der Waals surface area contributed by atoms with Crippen LogP contribution in [-0.2, 0) is 21.4 Å². The number of Topliss-reactive ketones (excluding diaryl/α,β-unsaturated/α-hetero) is 3. The molecule has 5 N–H and O–H groups in total. The summed E-state index contributed by atoms with van der Waals surface area (Å²) >= 11 is 0. The topological polar surface area (TPSA) is 152 Å². The van der Waals surface area contributed by atoms with Crippen LogP contribution in [0.5, 0.6) is 5.75 Å². The van der Waals surface area contributed by atoms with Gasteiger partial charge in [-0.25, -0.2) is 0 Å². The molecule has 0 bridgehead atoms.